The summed E-state index contributed by atoms with van der Waals surface area (Å²) < 4.78 is 0. The Hall–Kier alpha value is -1.62. The number of nitrogens with two attached hydrogens (primary N) is 1. The number of hydrogen-bond acceptors (Lipinski definition) is 4. The summed E-state index contributed by atoms with van der Waals surface area (Å²) in [6.45, 7) is 6.75. The van der Waals surface area contributed by atoms with Gasteiger partial charge in [0.1, 0.15) is 5.84 Å². The number of hydrogen-bond donors (Lipinski definition) is 3. The van der Waals surface area contributed by atoms with E-state index in [2.05, 4.69) is 22.4 Å². The molecule has 0 saturated heterocycles. The molecule has 0 amide bonds. The van der Waals surface area contributed by atoms with Crippen molar-refractivity contribution in [2.45, 2.75) is 33.2 Å². The molecule has 1 aromatic rings. The number of aromatic nitrogens is 1. The van der Waals surface area contributed by atoms with E-state index >= 15 is 0 Å². The fourth-order valence-corrected chi connectivity index (χ4v) is 1.60. The van der Waals surface area contributed by atoms with E-state index in [0.717, 1.165) is 18.7 Å². The number of nitrogens with zero attached hydrogens (tertiary/aromatic N) is 2. The largest absolute Gasteiger partial charge is 0.409 e. The van der Waals surface area contributed by atoms with Gasteiger partial charge in [-0.1, -0.05) is 25.1 Å². The van der Waals surface area contributed by atoms with Crippen LogP contribution in [-0.4, -0.2) is 22.6 Å². The van der Waals surface area contributed by atoms with Crippen LogP contribution in [0.4, 0.5) is 0 Å². The van der Waals surface area contributed by atoms with Gasteiger partial charge in [-0.15, -0.1) is 0 Å². The van der Waals surface area contributed by atoms with E-state index in [4.69, 9.17) is 10.9 Å². The molecule has 1 rings (SSSR count). The summed E-state index contributed by atoms with van der Waals surface area (Å²) >= 11 is 0. The first kappa shape index (κ1) is 14.4. The third kappa shape index (κ3) is 4.00. The highest BCUT2D eigenvalue weighted by Gasteiger charge is 2.23. The van der Waals surface area contributed by atoms with Gasteiger partial charge in [-0.3, -0.25) is 4.98 Å². The minimum Gasteiger partial charge on any atom is -0.409 e. The monoisotopic (exact) mass is 250 g/mol. The van der Waals surface area contributed by atoms with Crippen LogP contribution < -0.4 is 11.1 Å². The van der Waals surface area contributed by atoms with Crippen molar-refractivity contribution >= 4 is 5.84 Å². The van der Waals surface area contributed by atoms with E-state index < -0.39 is 0 Å². The van der Waals surface area contributed by atoms with Gasteiger partial charge in [0.25, 0.3) is 0 Å². The molecule has 1 aromatic heterocycles. The highest BCUT2D eigenvalue weighted by molar-refractivity contribution is 5.85. The van der Waals surface area contributed by atoms with Crippen LogP contribution in [-0.2, 0) is 0 Å². The Morgan fingerprint density at radius 3 is 2.83 bits per heavy atom. The van der Waals surface area contributed by atoms with Crippen molar-refractivity contribution in [3.63, 3.8) is 0 Å². The smallest absolute Gasteiger partial charge is 0.144 e. The minimum atomic E-state index is -0.314. The van der Waals surface area contributed by atoms with Crippen LogP contribution in [0.5, 0.6) is 0 Å². The molecule has 0 spiro atoms. The SMILES string of the molecule is C[C@H](NCCC(C)(C)/C(N)=N/O)c1ccccn1. The first-order valence-electron chi connectivity index (χ1n) is 6.09. The fourth-order valence-electron chi connectivity index (χ4n) is 1.60. The van der Waals surface area contributed by atoms with Crippen molar-refractivity contribution in [3.8, 4) is 0 Å². The maximum Gasteiger partial charge on any atom is 0.144 e. The minimum absolute atomic E-state index is 0.189. The number of rotatable bonds is 6. The highest BCUT2D eigenvalue weighted by Crippen LogP contribution is 2.20. The molecular formula is C13H22N4O. The average molecular weight is 250 g/mol. The lowest BCUT2D eigenvalue weighted by atomic mass is 9.88. The summed E-state index contributed by atoms with van der Waals surface area (Å²) in [6, 6.07) is 6.06. The quantitative estimate of drug-likeness (QED) is 0.311. The zero-order valence-corrected chi connectivity index (χ0v) is 11.2. The lowest BCUT2D eigenvalue weighted by Crippen LogP contribution is -2.35. The normalized spacial score (nSPS) is 14.5. The standard InChI is InChI=1S/C13H22N4O/c1-10(11-6-4-5-8-16-11)15-9-7-13(2,3)12(14)17-18/h4-6,8,10,15,18H,7,9H2,1-3H3,(H2,14,17)/t10-/m0/s1. The van der Waals surface area contributed by atoms with E-state index in [0.29, 0.717) is 0 Å². The Balaban J connectivity index is 2.43. The Labute approximate surface area is 108 Å². The van der Waals surface area contributed by atoms with Crippen molar-refractivity contribution in [1.82, 2.24) is 10.3 Å². The zero-order valence-electron chi connectivity index (χ0n) is 11.2. The van der Waals surface area contributed by atoms with Gasteiger partial charge in [0, 0.05) is 17.7 Å². The van der Waals surface area contributed by atoms with Gasteiger partial charge >= 0.3 is 0 Å². The molecule has 0 aliphatic carbocycles. The third-order valence-electron chi connectivity index (χ3n) is 3.13. The van der Waals surface area contributed by atoms with E-state index in [1.165, 1.54) is 0 Å². The first-order chi connectivity index (χ1) is 8.47. The van der Waals surface area contributed by atoms with Gasteiger partial charge in [0.2, 0.25) is 0 Å². The van der Waals surface area contributed by atoms with Crippen LogP contribution in [0.25, 0.3) is 0 Å². The third-order valence-corrected chi connectivity index (χ3v) is 3.13. The van der Waals surface area contributed by atoms with Gasteiger partial charge in [-0.2, -0.15) is 0 Å². The first-order valence-corrected chi connectivity index (χ1v) is 6.09. The van der Waals surface area contributed by atoms with Gasteiger partial charge in [0.15, 0.2) is 0 Å². The summed E-state index contributed by atoms with van der Waals surface area (Å²) in [5.74, 6) is 0.259. The summed E-state index contributed by atoms with van der Waals surface area (Å²) in [4.78, 5) is 4.29. The Kier molecular flexibility index (Phi) is 5.09. The van der Waals surface area contributed by atoms with Crippen molar-refractivity contribution in [1.29, 1.82) is 0 Å². The molecule has 4 N–H and O–H groups in total. The van der Waals surface area contributed by atoms with Crippen molar-refractivity contribution in [3.05, 3.63) is 30.1 Å². The number of amidine groups is 1. The molecule has 1 atom stereocenters. The van der Waals surface area contributed by atoms with Crippen LogP contribution in [0.1, 0.15) is 38.9 Å². The van der Waals surface area contributed by atoms with E-state index in [1.807, 2.05) is 32.0 Å². The molecule has 0 fully saturated rings. The van der Waals surface area contributed by atoms with Crippen LogP contribution in [0, 0.1) is 5.41 Å². The van der Waals surface area contributed by atoms with Gasteiger partial charge in [-0.25, -0.2) is 0 Å². The van der Waals surface area contributed by atoms with Crippen molar-refractivity contribution < 1.29 is 5.21 Å². The summed E-state index contributed by atoms with van der Waals surface area (Å²) in [5, 5.41) is 15.1. The number of pyridine rings is 1. The Morgan fingerprint density at radius 2 is 2.28 bits per heavy atom. The topological polar surface area (TPSA) is 83.5 Å². The predicted octanol–water partition coefficient (Wildman–Crippen LogP) is 1.89. The van der Waals surface area contributed by atoms with E-state index in [1.54, 1.807) is 6.20 Å². The van der Waals surface area contributed by atoms with E-state index in [9.17, 15) is 0 Å². The maximum absolute atomic E-state index is 8.69. The molecule has 0 aromatic carbocycles. The molecule has 0 radical (unpaired) electrons. The summed E-state index contributed by atoms with van der Waals surface area (Å²) in [7, 11) is 0. The summed E-state index contributed by atoms with van der Waals surface area (Å²) in [6.07, 6.45) is 2.58. The predicted molar refractivity (Wildman–Crippen MR) is 72.5 cm³/mol. The lowest BCUT2D eigenvalue weighted by molar-refractivity contribution is 0.304. The molecule has 0 unspecified atom stereocenters. The van der Waals surface area contributed by atoms with Crippen molar-refractivity contribution in [2.24, 2.45) is 16.3 Å². The second-order valence-corrected chi connectivity index (χ2v) is 5.05. The zero-order chi connectivity index (χ0) is 13.6. The van der Waals surface area contributed by atoms with E-state index in [-0.39, 0.29) is 17.3 Å². The summed E-state index contributed by atoms with van der Waals surface area (Å²) in [5.41, 5.74) is 6.34. The second-order valence-electron chi connectivity index (χ2n) is 5.05. The molecule has 100 valence electrons. The highest BCUT2D eigenvalue weighted by atomic mass is 16.4. The molecule has 5 heteroatoms. The molecule has 0 aliphatic rings. The van der Waals surface area contributed by atoms with Crippen LogP contribution >= 0.6 is 0 Å². The molecule has 5 nitrogen and oxygen atoms in total. The molecule has 0 bridgehead atoms. The lowest BCUT2D eigenvalue weighted by Gasteiger charge is -2.24. The van der Waals surface area contributed by atoms with Crippen LogP contribution in [0.2, 0.25) is 0 Å². The molecular weight excluding hydrogens is 228 g/mol. The second kappa shape index (κ2) is 6.35. The Morgan fingerprint density at radius 1 is 1.56 bits per heavy atom. The molecule has 0 aliphatic heterocycles. The number of nitrogens with one attached hydrogen (secondary N) is 1. The average Bonchev–Trinajstić information content (AvgIpc) is 2.38. The Bertz CT molecular complexity index is 389. The van der Waals surface area contributed by atoms with Crippen LogP contribution in [0.15, 0.2) is 29.6 Å². The van der Waals surface area contributed by atoms with Gasteiger partial charge < -0.3 is 16.3 Å². The fraction of sp³-hybridized carbons (Fsp3) is 0.538. The molecule has 1 heterocycles. The van der Waals surface area contributed by atoms with Crippen molar-refractivity contribution in [2.75, 3.05) is 6.54 Å². The van der Waals surface area contributed by atoms with Crippen LogP contribution in [0.3, 0.4) is 0 Å². The maximum atomic E-state index is 8.69. The number of oxime groups is 1. The molecule has 18 heavy (non-hydrogen) atoms. The van der Waals surface area contributed by atoms with Gasteiger partial charge in [-0.05, 0) is 32.0 Å². The molecule has 0 saturated carbocycles. The van der Waals surface area contributed by atoms with Gasteiger partial charge in [0.05, 0.1) is 5.69 Å².